The van der Waals surface area contributed by atoms with Crippen LogP contribution in [0.5, 0.6) is 11.5 Å². The molecule has 1 amide bonds. The Morgan fingerprint density at radius 2 is 1.83 bits per heavy atom. The van der Waals surface area contributed by atoms with E-state index in [1.165, 1.54) is 11.3 Å². The van der Waals surface area contributed by atoms with Gasteiger partial charge in [-0.15, -0.1) is 0 Å². The van der Waals surface area contributed by atoms with Crippen LogP contribution in [-0.4, -0.2) is 56.7 Å². The molecule has 154 valence electrons. The van der Waals surface area contributed by atoms with E-state index >= 15 is 0 Å². The van der Waals surface area contributed by atoms with Crippen molar-refractivity contribution in [1.29, 1.82) is 0 Å². The van der Waals surface area contributed by atoms with E-state index < -0.39 is 0 Å². The van der Waals surface area contributed by atoms with Crippen molar-refractivity contribution in [3.8, 4) is 11.5 Å². The van der Waals surface area contributed by atoms with Crippen LogP contribution in [-0.2, 0) is 4.79 Å². The van der Waals surface area contributed by atoms with E-state index in [1.807, 2.05) is 38.1 Å². The highest BCUT2D eigenvalue weighted by atomic mass is 35.5. The van der Waals surface area contributed by atoms with Gasteiger partial charge in [0.1, 0.15) is 11.5 Å². The fourth-order valence-corrected chi connectivity index (χ4v) is 4.24. The number of methoxy groups -OCH3 is 1. The fraction of sp³-hybridized carbons (Fsp3) is 0.333. The number of nitrogens with zero attached hydrogens (tertiary/aromatic N) is 3. The molecule has 2 aromatic carbocycles. The number of carbonyl (C=O) groups excluding carboxylic acids is 1. The highest BCUT2D eigenvalue weighted by Crippen LogP contribution is 2.33. The number of fused-ring (bicyclic) bond motifs is 1. The highest BCUT2D eigenvalue weighted by molar-refractivity contribution is 7.22. The Labute approximate surface area is 179 Å². The SMILES string of the molecule is COc1ccc(OCC(=O)N(CCN(C)C)c2nc3c(C)cc(Cl)cc3s2)cc1. The molecule has 0 aliphatic rings. The van der Waals surface area contributed by atoms with Crippen LogP contribution in [0.3, 0.4) is 0 Å². The van der Waals surface area contributed by atoms with Crippen LogP contribution in [0.2, 0.25) is 5.02 Å². The number of benzene rings is 2. The van der Waals surface area contributed by atoms with Gasteiger partial charge in [-0.3, -0.25) is 9.69 Å². The molecule has 0 unspecified atom stereocenters. The fourth-order valence-electron chi connectivity index (χ4n) is 2.78. The number of ether oxygens (including phenoxy) is 2. The molecule has 6 nitrogen and oxygen atoms in total. The van der Waals surface area contributed by atoms with E-state index in [0.717, 1.165) is 21.5 Å². The summed E-state index contributed by atoms with van der Waals surface area (Å²) in [5.74, 6) is 1.20. The molecule has 0 aliphatic heterocycles. The van der Waals surface area contributed by atoms with Gasteiger partial charge in [0.25, 0.3) is 5.91 Å². The van der Waals surface area contributed by atoms with Crippen LogP contribution in [0.25, 0.3) is 10.2 Å². The van der Waals surface area contributed by atoms with Crippen molar-refractivity contribution in [2.75, 3.05) is 45.8 Å². The number of rotatable bonds is 8. The summed E-state index contributed by atoms with van der Waals surface area (Å²) in [6.45, 7) is 3.13. The van der Waals surface area contributed by atoms with E-state index in [9.17, 15) is 4.79 Å². The number of aromatic nitrogens is 1. The summed E-state index contributed by atoms with van der Waals surface area (Å²) >= 11 is 7.64. The lowest BCUT2D eigenvalue weighted by molar-refractivity contribution is -0.120. The molecule has 0 atom stereocenters. The van der Waals surface area contributed by atoms with Crippen molar-refractivity contribution in [2.45, 2.75) is 6.92 Å². The first-order valence-electron chi connectivity index (χ1n) is 9.16. The zero-order chi connectivity index (χ0) is 21.0. The number of hydrogen-bond donors (Lipinski definition) is 0. The van der Waals surface area contributed by atoms with Crippen molar-refractivity contribution >= 4 is 44.2 Å². The molecule has 3 aromatic rings. The van der Waals surface area contributed by atoms with Gasteiger partial charge in [-0.05, 0) is 63.0 Å². The van der Waals surface area contributed by atoms with E-state index in [4.69, 9.17) is 26.1 Å². The molecule has 1 aromatic heterocycles. The maximum absolute atomic E-state index is 13.0. The molecule has 29 heavy (non-hydrogen) atoms. The van der Waals surface area contributed by atoms with Crippen molar-refractivity contribution in [3.05, 3.63) is 47.0 Å². The number of likely N-dealkylation sites (N-methyl/N-ethyl adjacent to an activating group) is 1. The second-order valence-corrected chi connectivity index (χ2v) is 8.32. The van der Waals surface area contributed by atoms with Gasteiger partial charge in [0.15, 0.2) is 11.7 Å². The van der Waals surface area contributed by atoms with Crippen LogP contribution < -0.4 is 14.4 Å². The molecular weight excluding hydrogens is 410 g/mol. The number of carbonyl (C=O) groups is 1. The van der Waals surface area contributed by atoms with Crippen LogP contribution in [0.1, 0.15) is 5.56 Å². The summed E-state index contributed by atoms with van der Waals surface area (Å²) in [6, 6.07) is 10.9. The van der Waals surface area contributed by atoms with E-state index in [1.54, 1.807) is 36.3 Å². The summed E-state index contributed by atoms with van der Waals surface area (Å²) in [5.41, 5.74) is 1.86. The third-order valence-electron chi connectivity index (χ3n) is 4.36. The number of anilines is 1. The van der Waals surface area contributed by atoms with E-state index in [2.05, 4.69) is 0 Å². The molecule has 0 bridgehead atoms. The van der Waals surface area contributed by atoms with Crippen LogP contribution in [0, 0.1) is 6.92 Å². The Hall–Kier alpha value is -2.35. The first kappa shape index (κ1) is 21.4. The lowest BCUT2D eigenvalue weighted by atomic mass is 10.2. The Balaban J connectivity index is 1.80. The number of halogens is 1. The summed E-state index contributed by atoms with van der Waals surface area (Å²) in [6.07, 6.45) is 0. The van der Waals surface area contributed by atoms with Gasteiger partial charge in [0.05, 0.1) is 17.3 Å². The number of thiazole rings is 1. The largest absolute Gasteiger partial charge is 0.497 e. The number of hydrogen-bond acceptors (Lipinski definition) is 6. The quantitative estimate of drug-likeness (QED) is 0.531. The van der Waals surface area contributed by atoms with Gasteiger partial charge < -0.3 is 14.4 Å². The molecule has 8 heteroatoms. The molecule has 0 radical (unpaired) electrons. The van der Waals surface area contributed by atoms with Crippen molar-refractivity contribution in [1.82, 2.24) is 9.88 Å². The van der Waals surface area contributed by atoms with Gasteiger partial charge in [0, 0.05) is 18.1 Å². The smallest absolute Gasteiger partial charge is 0.266 e. The molecule has 3 rings (SSSR count). The summed E-state index contributed by atoms with van der Waals surface area (Å²) < 4.78 is 11.8. The molecule has 0 aliphatic carbocycles. The molecule has 0 saturated carbocycles. The van der Waals surface area contributed by atoms with Crippen molar-refractivity contribution < 1.29 is 14.3 Å². The van der Waals surface area contributed by atoms with Crippen LogP contribution >= 0.6 is 22.9 Å². The molecule has 1 heterocycles. The second kappa shape index (κ2) is 9.43. The maximum Gasteiger partial charge on any atom is 0.266 e. The highest BCUT2D eigenvalue weighted by Gasteiger charge is 2.21. The van der Waals surface area contributed by atoms with Crippen molar-refractivity contribution in [2.24, 2.45) is 0 Å². The average molecular weight is 434 g/mol. The summed E-state index contributed by atoms with van der Waals surface area (Å²) in [4.78, 5) is 21.4. The number of aryl methyl sites for hydroxylation is 1. The molecule has 0 spiro atoms. The lowest BCUT2D eigenvalue weighted by Crippen LogP contribution is -2.39. The van der Waals surface area contributed by atoms with Crippen LogP contribution in [0.4, 0.5) is 5.13 Å². The van der Waals surface area contributed by atoms with Crippen LogP contribution in [0.15, 0.2) is 36.4 Å². The van der Waals surface area contributed by atoms with E-state index in [0.29, 0.717) is 29.0 Å². The first-order chi connectivity index (χ1) is 13.9. The van der Waals surface area contributed by atoms with E-state index in [-0.39, 0.29) is 12.5 Å². The normalized spacial score (nSPS) is 11.1. The average Bonchev–Trinajstić information content (AvgIpc) is 3.10. The first-order valence-corrected chi connectivity index (χ1v) is 10.4. The Morgan fingerprint density at radius 3 is 2.48 bits per heavy atom. The topological polar surface area (TPSA) is 54.9 Å². The minimum absolute atomic E-state index is 0.0740. The predicted molar refractivity (Wildman–Crippen MR) is 119 cm³/mol. The predicted octanol–water partition coefficient (Wildman–Crippen LogP) is 4.24. The van der Waals surface area contributed by atoms with Crippen molar-refractivity contribution in [3.63, 3.8) is 0 Å². The number of amides is 1. The Bertz CT molecular complexity index is 989. The zero-order valence-corrected chi connectivity index (χ0v) is 18.5. The Morgan fingerprint density at radius 1 is 1.14 bits per heavy atom. The molecule has 0 fully saturated rings. The summed E-state index contributed by atoms with van der Waals surface area (Å²) in [5, 5.41) is 1.31. The van der Waals surface area contributed by atoms with Gasteiger partial charge in [-0.2, -0.15) is 0 Å². The molecule has 0 saturated heterocycles. The minimum Gasteiger partial charge on any atom is -0.497 e. The standard InChI is InChI=1S/C21H24ClN3O3S/c1-14-11-15(22)12-18-20(14)23-21(29-18)25(10-9-24(2)3)19(26)13-28-17-7-5-16(27-4)6-8-17/h5-8,11-12H,9-10,13H2,1-4H3. The maximum atomic E-state index is 13.0. The Kier molecular flexibility index (Phi) is 6.95. The molecule has 0 N–H and O–H groups in total. The lowest BCUT2D eigenvalue weighted by Gasteiger charge is -2.22. The molecular formula is C21H24ClN3O3S. The minimum atomic E-state index is -0.148. The monoisotopic (exact) mass is 433 g/mol. The van der Waals surface area contributed by atoms with Gasteiger partial charge >= 0.3 is 0 Å². The van der Waals surface area contributed by atoms with Gasteiger partial charge in [0.2, 0.25) is 0 Å². The van der Waals surface area contributed by atoms with Gasteiger partial charge in [-0.1, -0.05) is 22.9 Å². The third kappa shape index (κ3) is 5.38. The zero-order valence-electron chi connectivity index (χ0n) is 16.9. The second-order valence-electron chi connectivity index (χ2n) is 6.88. The third-order valence-corrected chi connectivity index (χ3v) is 5.61. The van der Waals surface area contributed by atoms with Gasteiger partial charge in [-0.25, -0.2) is 4.98 Å². The summed E-state index contributed by atoms with van der Waals surface area (Å²) in [7, 11) is 5.55.